The molecule has 0 fully saturated rings. The highest BCUT2D eigenvalue weighted by Crippen LogP contribution is 2.42. The quantitative estimate of drug-likeness (QED) is 0.661. The van der Waals surface area contributed by atoms with Gasteiger partial charge < -0.3 is 10.2 Å². The number of hydrogen-bond donors (Lipinski definition) is 2. The second-order valence-electron chi connectivity index (χ2n) is 7.72. The van der Waals surface area contributed by atoms with Gasteiger partial charge in [0.2, 0.25) is 0 Å². The van der Waals surface area contributed by atoms with Crippen molar-refractivity contribution in [1.82, 2.24) is 4.98 Å². The van der Waals surface area contributed by atoms with Crippen LogP contribution in [0.5, 0.6) is 5.75 Å². The van der Waals surface area contributed by atoms with Crippen molar-refractivity contribution in [3.8, 4) is 16.3 Å². The molecule has 0 aliphatic heterocycles. The molecule has 0 saturated heterocycles. The fraction of sp³-hybridized carbons (Fsp3) is 0.333. The molecule has 136 valence electrons. The molecule has 0 amide bonds. The largest absolute Gasteiger partial charge is 0.507 e. The number of carbonyl (C=O) groups is 1. The zero-order valence-electron chi connectivity index (χ0n) is 15.4. The number of aromatic hydroxyl groups is 1. The maximum Gasteiger partial charge on any atom is 0.306 e. The predicted molar refractivity (Wildman–Crippen MR) is 106 cm³/mol. The van der Waals surface area contributed by atoms with E-state index >= 15 is 0 Å². The van der Waals surface area contributed by atoms with Crippen molar-refractivity contribution >= 4 is 27.5 Å². The zero-order valence-corrected chi connectivity index (χ0v) is 16.2. The molecule has 4 nitrogen and oxygen atoms in total. The van der Waals surface area contributed by atoms with Gasteiger partial charge in [0.15, 0.2) is 0 Å². The molecule has 0 aliphatic carbocycles. The molecule has 3 rings (SSSR count). The molecular weight excluding hydrogens is 346 g/mol. The number of hydrogen-bond acceptors (Lipinski definition) is 4. The fourth-order valence-corrected chi connectivity index (χ4v) is 3.96. The molecule has 3 aromatic rings. The van der Waals surface area contributed by atoms with Crippen molar-refractivity contribution in [2.75, 3.05) is 0 Å². The molecule has 2 aromatic carbocycles. The topological polar surface area (TPSA) is 70.4 Å². The van der Waals surface area contributed by atoms with Crippen LogP contribution in [0.4, 0.5) is 0 Å². The Labute approximate surface area is 157 Å². The Kier molecular flexibility index (Phi) is 4.76. The van der Waals surface area contributed by atoms with Crippen molar-refractivity contribution in [1.29, 1.82) is 0 Å². The summed E-state index contributed by atoms with van der Waals surface area (Å²) in [5, 5.41) is 20.9. The lowest BCUT2D eigenvalue weighted by molar-refractivity contribution is -0.141. The van der Waals surface area contributed by atoms with Crippen LogP contribution in [-0.4, -0.2) is 21.2 Å². The van der Waals surface area contributed by atoms with E-state index < -0.39 is 11.9 Å². The van der Waals surface area contributed by atoms with Gasteiger partial charge in [-0.15, -0.1) is 11.3 Å². The lowest BCUT2D eigenvalue weighted by Gasteiger charge is -2.23. The van der Waals surface area contributed by atoms with Gasteiger partial charge in [0.1, 0.15) is 10.8 Å². The van der Waals surface area contributed by atoms with Crippen molar-refractivity contribution in [3.05, 3.63) is 47.5 Å². The number of nitrogens with zero attached hydrogens (tertiary/aromatic N) is 1. The molecule has 5 heteroatoms. The van der Waals surface area contributed by atoms with Gasteiger partial charge in [0.25, 0.3) is 0 Å². The second kappa shape index (κ2) is 6.72. The Hall–Kier alpha value is -2.40. The molecule has 0 spiro atoms. The molecule has 1 unspecified atom stereocenters. The lowest BCUT2D eigenvalue weighted by atomic mass is 9.83. The highest BCUT2D eigenvalue weighted by molar-refractivity contribution is 7.21. The predicted octanol–water partition coefficient (Wildman–Crippen LogP) is 5.23. The summed E-state index contributed by atoms with van der Waals surface area (Å²) in [5.41, 5.74) is 3.01. The van der Waals surface area contributed by atoms with E-state index in [4.69, 9.17) is 0 Å². The molecular formula is C21H23NO3S. The van der Waals surface area contributed by atoms with Crippen LogP contribution in [0.25, 0.3) is 20.8 Å². The van der Waals surface area contributed by atoms with Gasteiger partial charge in [-0.05, 0) is 35.6 Å². The summed E-state index contributed by atoms with van der Waals surface area (Å²) in [5.74, 6) is -1.09. The third-order valence-electron chi connectivity index (χ3n) is 4.47. The second-order valence-corrected chi connectivity index (χ2v) is 8.75. The Morgan fingerprint density at radius 1 is 1.23 bits per heavy atom. The Morgan fingerprint density at radius 2 is 1.92 bits per heavy atom. The van der Waals surface area contributed by atoms with Gasteiger partial charge in [0.05, 0.1) is 21.7 Å². The van der Waals surface area contributed by atoms with Crippen LogP contribution >= 0.6 is 11.3 Å². The van der Waals surface area contributed by atoms with Gasteiger partial charge in [0, 0.05) is 5.56 Å². The zero-order chi connectivity index (χ0) is 19.1. The van der Waals surface area contributed by atoms with Crippen molar-refractivity contribution in [3.63, 3.8) is 0 Å². The van der Waals surface area contributed by atoms with Crippen LogP contribution in [-0.2, 0) is 16.6 Å². The summed E-state index contributed by atoms with van der Waals surface area (Å²) in [4.78, 5) is 15.9. The van der Waals surface area contributed by atoms with Crippen molar-refractivity contribution in [2.45, 2.75) is 39.5 Å². The Morgan fingerprint density at radius 3 is 2.54 bits per heavy atom. The highest BCUT2D eigenvalue weighted by Gasteiger charge is 2.24. The van der Waals surface area contributed by atoms with E-state index in [-0.39, 0.29) is 11.2 Å². The first-order valence-corrected chi connectivity index (χ1v) is 9.43. The van der Waals surface area contributed by atoms with Crippen molar-refractivity contribution in [2.24, 2.45) is 5.92 Å². The first kappa shape index (κ1) is 18.4. The first-order valence-electron chi connectivity index (χ1n) is 8.62. The van der Waals surface area contributed by atoms with Gasteiger partial charge in [-0.2, -0.15) is 0 Å². The highest BCUT2D eigenvalue weighted by atomic mass is 32.1. The maximum absolute atomic E-state index is 11.3. The lowest BCUT2D eigenvalue weighted by Crippen LogP contribution is -2.15. The summed E-state index contributed by atoms with van der Waals surface area (Å²) in [6.07, 6.45) is 0.413. The van der Waals surface area contributed by atoms with E-state index in [0.29, 0.717) is 12.0 Å². The Bertz CT molecular complexity index is 936. The van der Waals surface area contributed by atoms with Crippen LogP contribution in [0.2, 0.25) is 0 Å². The number of rotatable bonds is 4. The number of para-hydroxylation sites is 1. The van der Waals surface area contributed by atoms with E-state index in [1.54, 1.807) is 6.92 Å². The number of phenols is 1. The van der Waals surface area contributed by atoms with Crippen molar-refractivity contribution < 1.29 is 15.0 Å². The van der Waals surface area contributed by atoms with Crippen LogP contribution in [0.15, 0.2) is 36.4 Å². The molecule has 1 atom stereocenters. The number of thiazole rings is 1. The number of phenolic OH excluding ortho intramolecular Hbond substituents is 1. The number of fused-ring (bicyclic) bond motifs is 1. The van der Waals surface area contributed by atoms with E-state index in [1.165, 1.54) is 11.3 Å². The molecule has 1 heterocycles. The van der Waals surface area contributed by atoms with Gasteiger partial charge in [-0.3, -0.25) is 4.79 Å². The normalized spacial score (nSPS) is 13.1. The smallest absolute Gasteiger partial charge is 0.306 e. The van der Waals surface area contributed by atoms with Gasteiger partial charge in [-0.1, -0.05) is 45.9 Å². The summed E-state index contributed by atoms with van der Waals surface area (Å²) in [6, 6.07) is 11.7. The van der Waals surface area contributed by atoms with Gasteiger partial charge in [-0.25, -0.2) is 4.98 Å². The molecule has 0 radical (unpaired) electrons. The Balaban J connectivity index is 2.17. The van der Waals surface area contributed by atoms with Crippen LogP contribution < -0.4 is 0 Å². The minimum atomic E-state index is -0.822. The average molecular weight is 369 g/mol. The summed E-state index contributed by atoms with van der Waals surface area (Å²) in [7, 11) is 0. The summed E-state index contributed by atoms with van der Waals surface area (Å²) >= 11 is 1.53. The first-order chi connectivity index (χ1) is 12.2. The minimum absolute atomic E-state index is 0.225. The maximum atomic E-state index is 11.3. The van der Waals surface area contributed by atoms with Gasteiger partial charge >= 0.3 is 5.97 Å². The summed E-state index contributed by atoms with van der Waals surface area (Å²) < 4.78 is 1.06. The number of carboxylic acid groups (broad SMARTS) is 1. The molecule has 1 aromatic heterocycles. The molecule has 0 bridgehead atoms. The van der Waals surface area contributed by atoms with E-state index in [0.717, 1.165) is 26.4 Å². The van der Waals surface area contributed by atoms with E-state index in [2.05, 4.69) is 4.98 Å². The van der Waals surface area contributed by atoms with E-state index in [9.17, 15) is 15.0 Å². The number of benzene rings is 2. The molecule has 26 heavy (non-hydrogen) atoms. The minimum Gasteiger partial charge on any atom is -0.507 e. The number of aromatic nitrogens is 1. The molecule has 2 N–H and O–H groups in total. The number of carboxylic acids is 1. The number of aliphatic carboxylic acids is 1. The summed E-state index contributed by atoms with van der Waals surface area (Å²) in [6.45, 7) is 7.81. The third-order valence-corrected chi connectivity index (χ3v) is 5.54. The van der Waals surface area contributed by atoms with Crippen LogP contribution in [0.3, 0.4) is 0 Å². The average Bonchev–Trinajstić information content (AvgIpc) is 2.98. The monoisotopic (exact) mass is 369 g/mol. The third kappa shape index (κ3) is 3.58. The standard InChI is InChI=1S/C21H23NO3S/c1-12(20(24)25)9-13-10-14(18(23)15(11-13)21(2,3)4)19-22-16-7-5-6-8-17(16)26-19/h5-8,10-12,23H,9H2,1-4H3,(H,24,25). The van der Waals surface area contributed by atoms with E-state index in [1.807, 2.05) is 57.2 Å². The molecule has 0 saturated carbocycles. The SMILES string of the molecule is CC(Cc1cc(-c2nc3ccccc3s2)c(O)c(C(C)(C)C)c1)C(=O)O. The molecule has 0 aliphatic rings. The van der Waals surface area contributed by atoms with Crippen LogP contribution in [0.1, 0.15) is 38.8 Å². The van der Waals surface area contributed by atoms with Crippen LogP contribution in [0, 0.1) is 5.92 Å². The fourth-order valence-electron chi connectivity index (χ4n) is 2.98.